The lowest BCUT2D eigenvalue weighted by atomic mass is 10.2. The first-order valence-corrected chi connectivity index (χ1v) is 9.18. The molecule has 0 bridgehead atoms. The standard InChI is InChI=1S/C17H20N4O3S/c1-24-9-5-8-18-16(22)17(23)19-15-13-10-25-11-14(13)20-21(15)12-6-3-2-4-7-12/h2-4,6-7H,5,8-11H2,1H3,(H,18,22)(H,19,23). The van der Waals surface area contributed by atoms with Gasteiger partial charge in [-0.05, 0) is 18.6 Å². The number of nitrogens with zero attached hydrogens (tertiary/aromatic N) is 2. The van der Waals surface area contributed by atoms with Crippen LogP contribution < -0.4 is 10.6 Å². The van der Waals surface area contributed by atoms with Crippen LogP contribution >= 0.6 is 11.8 Å². The number of rotatable bonds is 6. The van der Waals surface area contributed by atoms with Crippen molar-refractivity contribution in [3.63, 3.8) is 0 Å². The Hall–Kier alpha value is -2.32. The third-order valence-corrected chi connectivity index (χ3v) is 4.77. The monoisotopic (exact) mass is 360 g/mol. The summed E-state index contributed by atoms with van der Waals surface area (Å²) in [6.07, 6.45) is 0.656. The summed E-state index contributed by atoms with van der Waals surface area (Å²) in [5.74, 6) is 0.808. The Labute approximate surface area is 150 Å². The van der Waals surface area contributed by atoms with Gasteiger partial charge in [0.1, 0.15) is 5.82 Å². The minimum atomic E-state index is -0.686. The highest BCUT2D eigenvalue weighted by Gasteiger charge is 2.26. The van der Waals surface area contributed by atoms with Gasteiger partial charge in [0.2, 0.25) is 0 Å². The van der Waals surface area contributed by atoms with Crippen LogP contribution in [0.1, 0.15) is 17.7 Å². The number of anilines is 1. The molecule has 1 aliphatic rings. The molecule has 0 radical (unpaired) electrons. The van der Waals surface area contributed by atoms with E-state index in [1.54, 1.807) is 23.6 Å². The molecular weight excluding hydrogens is 340 g/mol. The molecule has 8 heteroatoms. The molecule has 2 heterocycles. The van der Waals surface area contributed by atoms with Crippen LogP contribution in [-0.4, -0.2) is 41.9 Å². The van der Waals surface area contributed by atoms with Crippen LogP contribution in [-0.2, 0) is 25.8 Å². The van der Waals surface area contributed by atoms with Crippen molar-refractivity contribution in [2.24, 2.45) is 0 Å². The van der Waals surface area contributed by atoms with E-state index in [1.165, 1.54) is 0 Å². The maximum absolute atomic E-state index is 12.3. The first-order valence-electron chi connectivity index (χ1n) is 8.02. The van der Waals surface area contributed by atoms with Crippen LogP contribution in [0.3, 0.4) is 0 Å². The number of carbonyl (C=O) groups excluding carboxylic acids is 2. The van der Waals surface area contributed by atoms with E-state index in [2.05, 4.69) is 15.7 Å². The molecule has 0 saturated heterocycles. The van der Waals surface area contributed by atoms with Gasteiger partial charge >= 0.3 is 11.8 Å². The Kier molecular flexibility index (Phi) is 5.72. The Balaban J connectivity index is 1.75. The fraction of sp³-hybridized carbons (Fsp3) is 0.353. The zero-order valence-electron chi connectivity index (χ0n) is 13.9. The summed E-state index contributed by atoms with van der Waals surface area (Å²) in [5, 5.41) is 9.92. The summed E-state index contributed by atoms with van der Waals surface area (Å²) >= 11 is 1.74. The highest BCUT2D eigenvalue weighted by atomic mass is 32.2. The van der Waals surface area contributed by atoms with Crippen molar-refractivity contribution in [2.45, 2.75) is 17.9 Å². The summed E-state index contributed by atoms with van der Waals surface area (Å²) in [5.41, 5.74) is 2.77. The molecule has 0 fully saturated rings. The van der Waals surface area contributed by atoms with E-state index in [-0.39, 0.29) is 0 Å². The Morgan fingerprint density at radius 1 is 1.24 bits per heavy atom. The molecule has 1 aliphatic heterocycles. The molecule has 0 unspecified atom stereocenters. The molecule has 0 spiro atoms. The van der Waals surface area contributed by atoms with Crippen molar-refractivity contribution < 1.29 is 14.3 Å². The van der Waals surface area contributed by atoms with Crippen molar-refractivity contribution in [3.8, 4) is 5.69 Å². The predicted molar refractivity (Wildman–Crippen MR) is 96.7 cm³/mol. The number of amides is 2. The topological polar surface area (TPSA) is 85.2 Å². The van der Waals surface area contributed by atoms with Crippen LogP contribution in [0.5, 0.6) is 0 Å². The van der Waals surface area contributed by atoms with E-state index < -0.39 is 11.8 Å². The first kappa shape index (κ1) is 17.5. The summed E-state index contributed by atoms with van der Waals surface area (Å²) in [4.78, 5) is 24.2. The number of methoxy groups -OCH3 is 1. The van der Waals surface area contributed by atoms with Gasteiger partial charge in [0, 0.05) is 37.3 Å². The smallest absolute Gasteiger partial charge is 0.314 e. The van der Waals surface area contributed by atoms with E-state index in [0.717, 1.165) is 28.5 Å². The molecule has 2 amide bonds. The number of fused-ring (bicyclic) bond motifs is 1. The average Bonchev–Trinajstić information content (AvgIpc) is 3.22. The van der Waals surface area contributed by atoms with Crippen LogP contribution in [0.15, 0.2) is 30.3 Å². The lowest BCUT2D eigenvalue weighted by molar-refractivity contribution is -0.136. The molecular formula is C17H20N4O3S. The van der Waals surface area contributed by atoms with Crippen LogP contribution in [0.25, 0.3) is 5.69 Å². The van der Waals surface area contributed by atoms with Gasteiger partial charge in [-0.3, -0.25) is 9.59 Å². The average molecular weight is 360 g/mol. The minimum absolute atomic E-state index is 0.395. The molecule has 0 atom stereocenters. The fourth-order valence-corrected chi connectivity index (χ4v) is 3.60. The predicted octanol–water partition coefficient (Wildman–Crippen LogP) is 1.71. The van der Waals surface area contributed by atoms with Crippen LogP contribution in [0, 0.1) is 0 Å². The molecule has 1 aromatic carbocycles. The number of para-hydroxylation sites is 1. The number of thioether (sulfide) groups is 1. The summed E-state index contributed by atoms with van der Waals surface area (Å²) < 4.78 is 6.61. The number of carbonyl (C=O) groups is 2. The van der Waals surface area contributed by atoms with Crippen LogP contribution in [0.4, 0.5) is 5.82 Å². The number of hydrogen-bond acceptors (Lipinski definition) is 5. The molecule has 2 N–H and O–H groups in total. The van der Waals surface area contributed by atoms with Crippen molar-refractivity contribution >= 4 is 29.4 Å². The lowest BCUT2D eigenvalue weighted by Crippen LogP contribution is -2.36. The highest BCUT2D eigenvalue weighted by molar-refractivity contribution is 7.98. The first-order chi connectivity index (χ1) is 12.2. The second kappa shape index (κ2) is 8.17. The summed E-state index contributed by atoms with van der Waals surface area (Å²) in [6, 6.07) is 9.56. The third-order valence-electron chi connectivity index (χ3n) is 3.80. The fourth-order valence-electron chi connectivity index (χ4n) is 2.56. The van der Waals surface area contributed by atoms with Gasteiger partial charge in [0.15, 0.2) is 0 Å². The zero-order valence-corrected chi connectivity index (χ0v) is 14.8. The lowest BCUT2D eigenvalue weighted by Gasteiger charge is -2.11. The SMILES string of the molecule is COCCCNC(=O)C(=O)Nc1c2c(nn1-c1ccccc1)CSC2. The van der Waals surface area contributed by atoms with Crippen molar-refractivity contribution in [2.75, 3.05) is 25.6 Å². The van der Waals surface area contributed by atoms with E-state index in [4.69, 9.17) is 4.74 Å². The van der Waals surface area contributed by atoms with E-state index >= 15 is 0 Å². The number of benzene rings is 1. The van der Waals surface area contributed by atoms with Gasteiger partial charge in [0.25, 0.3) is 0 Å². The molecule has 7 nitrogen and oxygen atoms in total. The van der Waals surface area contributed by atoms with E-state index in [0.29, 0.717) is 25.4 Å². The quantitative estimate of drug-likeness (QED) is 0.605. The normalized spacial score (nSPS) is 12.7. The molecule has 0 saturated carbocycles. The molecule has 2 aromatic rings. The van der Waals surface area contributed by atoms with Gasteiger partial charge in [-0.15, -0.1) is 0 Å². The van der Waals surface area contributed by atoms with E-state index in [1.807, 2.05) is 30.3 Å². The summed E-state index contributed by atoms with van der Waals surface area (Å²) in [6.45, 7) is 0.930. The number of ether oxygens (including phenoxy) is 1. The second-order valence-electron chi connectivity index (χ2n) is 5.57. The number of nitrogens with one attached hydrogen (secondary N) is 2. The maximum Gasteiger partial charge on any atom is 0.314 e. The molecule has 1 aromatic heterocycles. The molecule has 3 rings (SSSR count). The summed E-state index contributed by atoms with van der Waals surface area (Å²) in [7, 11) is 1.60. The zero-order chi connectivity index (χ0) is 17.6. The Morgan fingerprint density at radius 3 is 2.80 bits per heavy atom. The van der Waals surface area contributed by atoms with Gasteiger partial charge in [-0.25, -0.2) is 4.68 Å². The number of aromatic nitrogens is 2. The molecule has 0 aliphatic carbocycles. The van der Waals surface area contributed by atoms with Gasteiger partial charge in [-0.2, -0.15) is 16.9 Å². The Bertz CT molecular complexity index is 761. The number of hydrogen-bond donors (Lipinski definition) is 2. The maximum atomic E-state index is 12.3. The van der Waals surface area contributed by atoms with Gasteiger partial charge in [0.05, 0.1) is 11.4 Å². The second-order valence-corrected chi connectivity index (χ2v) is 6.56. The van der Waals surface area contributed by atoms with Crippen LogP contribution in [0.2, 0.25) is 0 Å². The molecule has 25 heavy (non-hydrogen) atoms. The largest absolute Gasteiger partial charge is 0.385 e. The van der Waals surface area contributed by atoms with Crippen molar-refractivity contribution in [1.29, 1.82) is 0 Å². The van der Waals surface area contributed by atoms with Crippen molar-refractivity contribution in [1.82, 2.24) is 15.1 Å². The molecule has 132 valence electrons. The third kappa shape index (κ3) is 4.02. The van der Waals surface area contributed by atoms with E-state index in [9.17, 15) is 9.59 Å². The van der Waals surface area contributed by atoms with Gasteiger partial charge < -0.3 is 15.4 Å². The van der Waals surface area contributed by atoms with Gasteiger partial charge in [-0.1, -0.05) is 18.2 Å². The Morgan fingerprint density at radius 2 is 2.04 bits per heavy atom. The highest BCUT2D eigenvalue weighted by Crippen LogP contribution is 2.35. The minimum Gasteiger partial charge on any atom is -0.385 e. The van der Waals surface area contributed by atoms with Crippen molar-refractivity contribution in [3.05, 3.63) is 41.6 Å².